The second-order valence-corrected chi connectivity index (χ2v) is 24.8. The zero-order chi connectivity index (χ0) is 64.0. The zero-order valence-electron chi connectivity index (χ0n) is 53.2. The molecule has 0 amide bonds. The monoisotopic (exact) mass is 1220 g/mol. The minimum absolute atomic E-state index is 0.735. The van der Waals surface area contributed by atoms with Crippen LogP contribution in [0.15, 0.2) is 353 Å². The Kier molecular flexibility index (Phi) is 14.9. The molecule has 0 saturated carbocycles. The molecule has 4 heteroatoms. The van der Waals surface area contributed by atoms with E-state index in [-0.39, 0.29) is 0 Å². The third-order valence-corrected chi connectivity index (χ3v) is 19.0. The van der Waals surface area contributed by atoms with Crippen LogP contribution >= 0.6 is 0 Å². The lowest BCUT2D eigenvalue weighted by Crippen LogP contribution is -2.27. The lowest BCUT2D eigenvalue weighted by atomic mass is 9.70. The van der Waals surface area contributed by atoms with E-state index >= 15 is 0 Å². The molecule has 2 aliphatic carbocycles. The van der Waals surface area contributed by atoms with Gasteiger partial charge in [0, 0.05) is 68.2 Å². The van der Waals surface area contributed by atoms with Gasteiger partial charge in [0.05, 0.1) is 5.41 Å². The Balaban J connectivity index is 0.797. The smallest absolute Gasteiger partial charge is 0.0727 e. The number of fused-ring (bicyclic) bond motifs is 10. The molecule has 0 aliphatic heterocycles. The fourth-order valence-corrected chi connectivity index (χ4v) is 14.6. The number of para-hydroxylation sites is 4. The molecule has 16 rings (SSSR count). The largest absolute Gasteiger partial charge is 0.310 e. The summed E-state index contributed by atoms with van der Waals surface area (Å²) >= 11 is 0. The number of hydrogen-bond acceptors (Lipinski definition) is 4. The zero-order valence-corrected chi connectivity index (χ0v) is 53.2. The molecule has 1 spiro atoms. The molecule has 14 aromatic rings. The minimum atomic E-state index is -0.735. The van der Waals surface area contributed by atoms with E-state index in [2.05, 4.69) is 386 Å². The van der Waals surface area contributed by atoms with Gasteiger partial charge in [-0.1, -0.05) is 207 Å². The normalized spacial score (nSPS) is 12.1. The molecule has 0 aromatic heterocycles. The Bertz CT molecular complexity index is 4830. The van der Waals surface area contributed by atoms with E-state index in [9.17, 15) is 0 Å². The Hall–Kier alpha value is -12.2. The molecule has 2 aliphatic rings. The van der Waals surface area contributed by atoms with Crippen molar-refractivity contribution >= 4 is 80.4 Å². The number of hydrogen-bond donors (Lipinski definition) is 0. The average molecular weight is 1220 g/mol. The first-order chi connectivity index (χ1) is 46.8. The molecule has 0 atom stereocenters. The van der Waals surface area contributed by atoms with Gasteiger partial charge in [-0.05, 0) is 261 Å². The van der Waals surface area contributed by atoms with Gasteiger partial charge in [0.2, 0.25) is 0 Å². The highest BCUT2D eigenvalue weighted by Crippen LogP contribution is 2.64. The second-order valence-electron chi connectivity index (χ2n) is 24.8. The van der Waals surface area contributed by atoms with E-state index < -0.39 is 5.41 Å². The van der Waals surface area contributed by atoms with Crippen molar-refractivity contribution in [3.8, 4) is 44.5 Å². The summed E-state index contributed by atoms with van der Waals surface area (Å²) in [5.41, 5.74) is 31.2. The first-order valence-electron chi connectivity index (χ1n) is 32.6. The maximum Gasteiger partial charge on any atom is 0.0727 e. The molecular weight excluding hydrogens is 1150 g/mol. The highest BCUT2D eigenvalue weighted by molar-refractivity contribution is 5.99. The van der Waals surface area contributed by atoms with Crippen LogP contribution in [0.5, 0.6) is 0 Å². The first-order valence-corrected chi connectivity index (χ1v) is 32.6. The van der Waals surface area contributed by atoms with E-state index in [1.165, 1.54) is 55.6 Å². The van der Waals surface area contributed by atoms with Gasteiger partial charge in [0.25, 0.3) is 0 Å². The van der Waals surface area contributed by atoms with E-state index in [1.807, 2.05) is 12.2 Å². The Morgan fingerprint density at radius 1 is 0.221 bits per heavy atom. The molecule has 0 bridgehead atoms. The molecular formula is C91H68N4. The minimum Gasteiger partial charge on any atom is -0.310 e. The molecule has 4 nitrogen and oxygen atoms in total. The van der Waals surface area contributed by atoms with Crippen LogP contribution in [0.4, 0.5) is 68.2 Å². The maximum atomic E-state index is 4.34. The van der Waals surface area contributed by atoms with Crippen molar-refractivity contribution in [2.75, 3.05) is 19.6 Å². The van der Waals surface area contributed by atoms with Gasteiger partial charge >= 0.3 is 0 Å². The van der Waals surface area contributed by atoms with Crippen LogP contribution in [0.2, 0.25) is 0 Å². The van der Waals surface area contributed by atoms with Gasteiger partial charge in [-0.2, -0.15) is 0 Å². The van der Waals surface area contributed by atoms with Gasteiger partial charge in [-0.15, -0.1) is 0 Å². The summed E-state index contributed by atoms with van der Waals surface area (Å²) in [6, 6.07) is 124. The Morgan fingerprint density at radius 2 is 0.453 bits per heavy atom. The van der Waals surface area contributed by atoms with Gasteiger partial charge in [0.1, 0.15) is 0 Å². The number of nitrogens with zero attached hydrogens (tertiary/aromatic N) is 4. The van der Waals surface area contributed by atoms with Crippen molar-refractivity contribution < 1.29 is 0 Å². The van der Waals surface area contributed by atoms with Crippen molar-refractivity contribution in [1.29, 1.82) is 0 Å². The summed E-state index contributed by atoms with van der Waals surface area (Å²) in [5.74, 6) is 0. The number of benzene rings is 14. The molecule has 0 heterocycles. The van der Waals surface area contributed by atoms with Gasteiger partial charge in [-0.25, -0.2) is 0 Å². The summed E-state index contributed by atoms with van der Waals surface area (Å²) in [6.07, 6.45) is 3.96. The van der Waals surface area contributed by atoms with Crippen molar-refractivity contribution in [3.05, 3.63) is 397 Å². The van der Waals surface area contributed by atoms with E-state index in [4.69, 9.17) is 0 Å². The summed E-state index contributed by atoms with van der Waals surface area (Å²) in [7, 11) is 0. The van der Waals surface area contributed by atoms with E-state index in [1.54, 1.807) is 0 Å². The standard InChI is InChI=1S/C91H68N4/c1-5-65-33-53-83-84-54-34-66(6-2)60-88(84)91(87(83)59-65)89-61-81(94(73-27-15-9-16-28-73)77-47-39-69(40-48-77)67-35-43-75(44-36-67)92(71-23-11-7-12-24-71)79-31-19-21-63(3)57-79)51-55-85(89)86-56-52-82(62-90(86)91)95(74-29-17-10-18-30-74)78-49-41-70(42-50-78)68-37-45-76(46-38-68)93(72-25-13-8-14-26-72)80-32-20-22-64(4)58-80/h5-62H,1-2H2,3-4H3. The molecule has 95 heavy (non-hydrogen) atoms. The Morgan fingerprint density at radius 3 is 0.726 bits per heavy atom. The van der Waals surface area contributed by atoms with Crippen LogP contribution in [0, 0.1) is 13.8 Å². The van der Waals surface area contributed by atoms with E-state index in [0.717, 1.165) is 102 Å². The third-order valence-electron chi connectivity index (χ3n) is 19.0. The number of anilines is 12. The van der Waals surface area contributed by atoms with E-state index in [0.29, 0.717) is 0 Å². The molecule has 0 fully saturated rings. The quantitative estimate of drug-likeness (QED) is 0.0956. The summed E-state index contributed by atoms with van der Waals surface area (Å²) < 4.78 is 0. The van der Waals surface area contributed by atoms with Crippen molar-refractivity contribution in [2.24, 2.45) is 0 Å². The Labute approximate surface area is 557 Å². The second kappa shape index (κ2) is 24.4. The molecule has 0 N–H and O–H groups in total. The third kappa shape index (κ3) is 10.4. The van der Waals surface area contributed by atoms with Crippen molar-refractivity contribution in [3.63, 3.8) is 0 Å². The van der Waals surface area contributed by atoms with Crippen LogP contribution < -0.4 is 19.6 Å². The lowest BCUT2D eigenvalue weighted by molar-refractivity contribution is 0.793. The molecule has 14 aromatic carbocycles. The average Bonchev–Trinajstić information content (AvgIpc) is 1.51. The fourth-order valence-electron chi connectivity index (χ4n) is 14.6. The molecule has 0 radical (unpaired) electrons. The first kappa shape index (κ1) is 57.9. The molecule has 0 saturated heterocycles. The predicted molar refractivity (Wildman–Crippen MR) is 402 cm³/mol. The highest BCUT2D eigenvalue weighted by atomic mass is 15.2. The molecule has 0 unspecified atom stereocenters. The highest BCUT2D eigenvalue weighted by Gasteiger charge is 2.52. The van der Waals surface area contributed by atoms with Gasteiger partial charge in [-0.3, -0.25) is 0 Å². The predicted octanol–water partition coefficient (Wildman–Crippen LogP) is 25.1. The summed E-state index contributed by atoms with van der Waals surface area (Å²) in [6.45, 7) is 13.0. The summed E-state index contributed by atoms with van der Waals surface area (Å²) in [4.78, 5) is 9.46. The number of aryl methyl sites for hydroxylation is 2. The van der Waals surface area contributed by atoms with Crippen LogP contribution in [-0.2, 0) is 5.41 Å². The summed E-state index contributed by atoms with van der Waals surface area (Å²) in [5, 5.41) is 0. The van der Waals surface area contributed by atoms with Crippen molar-refractivity contribution in [2.45, 2.75) is 19.3 Å². The van der Waals surface area contributed by atoms with Crippen LogP contribution in [0.25, 0.3) is 56.7 Å². The van der Waals surface area contributed by atoms with Gasteiger partial charge in [0.15, 0.2) is 0 Å². The SMILES string of the molecule is C=Cc1ccc2c(c1)C1(c3cc(C=C)ccc3-2)c2cc(N(c3ccccc3)c3ccc(-c4ccc(N(c5ccccc5)c5cccc(C)c5)cc4)cc3)ccc2-c2ccc(N(c3ccccc3)c3ccc(-c4ccc(N(c5ccccc5)c5cccc(C)c5)cc4)cc3)cc21. The fraction of sp³-hybridized carbons (Fsp3) is 0.0330. The molecule has 452 valence electrons. The maximum absolute atomic E-state index is 4.34. The van der Waals surface area contributed by atoms with Crippen LogP contribution in [-0.4, -0.2) is 0 Å². The topological polar surface area (TPSA) is 13.0 Å². The van der Waals surface area contributed by atoms with Crippen LogP contribution in [0.3, 0.4) is 0 Å². The van der Waals surface area contributed by atoms with Crippen LogP contribution in [0.1, 0.15) is 44.5 Å². The lowest BCUT2D eigenvalue weighted by Gasteiger charge is -2.33. The van der Waals surface area contributed by atoms with Gasteiger partial charge < -0.3 is 19.6 Å². The number of rotatable bonds is 16. The van der Waals surface area contributed by atoms with Crippen molar-refractivity contribution in [1.82, 2.24) is 0 Å².